The standard InChI is InChI=1S/C33H28N4O3S/c1-35(24-12-6-3-7-13-24)30(36(2)25-14-8-4-9-15-25)23-22-29-31(38)34-33(41)37(32(29)39)26-18-20-28(21-19-26)40-27-16-10-5-11-17-27/h3-22,39H,1-2H3,(H,34,38,41). The second kappa shape index (κ2) is 12.3. The summed E-state index contributed by atoms with van der Waals surface area (Å²) in [6.45, 7) is 0. The van der Waals surface area contributed by atoms with E-state index in [0.717, 1.165) is 11.4 Å². The van der Waals surface area contributed by atoms with E-state index in [0.29, 0.717) is 23.0 Å². The first-order chi connectivity index (χ1) is 19.9. The summed E-state index contributed by atoms with van der Waals surface area (Å²) in [6, 6.07) is 36.1. The van der Waals surface area contributed by atoms with E-state index in [-0.39, 0.29) is 16.2 Å². The molecule has 1 heterocycles. The quantitative estimate of drug-likeness (QED) is 0.156. The molecule has 0 fully saturated rings. The number of anilines is 2. The highest BCUT2D eigenvalue weighted by Gasteiger charge is 2.15. The second-order valence-corrected chi connectivity index (χ2v) is 9.53. The van der Waals surface area contributed by atoms with Gasteiger partial charge in [0.05, 0.1) is 5.69 Å². The van der Waals surface area contributed by atoms with Crippen molar-refractivity contribution in [1.29, 1.82) is 0 Å². The summed E-state index contributed by atoms with van der Waals surface area (Å²) in [5, 5.41) is 11.3. The minimum absolute atomic E-state index is 0.0173. The van der Waals surface area contributed by atoms with Crippen LogP contribution in [0.25, 0.3) is 11.8 Å². The fourth-order valence-corrected chi connectivity index (χ4v) is 4.58. The van der Waals surface area contributed by atoms with Gasteiger partial charge in [-0.05, 0) is 72.9 Å². The number of hydrogen-bond acceptors (Lipinski definition) is 6. The minimum Gasteiger partial charge on any atom is -0.494 e. The lowest BCUT2D eigenvalue weighted by Crippen LogP contribution is -2.29. The maximum atomic E-state index is 13.0. The number of nitrogens with one attached hydrogen (secondary N) is 1. The monoisotopic (exact) mass is 560 g/mol. The van der Waals surface area contributed by atoms with E-state index in [1.54, 1.807) is 24.3 Å². The molecular formula is C33H28N4O3S. The SMILES string of the molecule is CN(C(=C=Cc1c(O)n(-c2ccc(Oc3ccccc3)cc2)c(=S)[nH]c1=O)N(C)c1ccccc1)c1ccccc1. The molecule has 41 heavy (non-hydrogen) atoms. The first-order valence-corrected chi connectivity index (χ1v) is 13.3. The van der Waals surface area contributed by atoms with Crippen LogP contribution in [0.2, 0.25) is 0 Å². The van der Waals surface area contributed by atoms with Gasteiger partial charge in [-0.1, -0.05) is 60.3 Å². The van der Waals surface area contributed by atoms with E-state index in [2.05, 4.69) is 10.7 Å². The number of aromatic amines is 1. The summed E-state index contributed by atoms with van der Waals surface area (Å²) in [6.07, 6.45) is 1.47. The van der Waals surface area contributed by atoms with Gasteiger partial charge in [-0.3, -0.25) is 14.3 Å². The van der Waals surface area contributed by atoms with Crippen molar-refractivity contribution in [1.82, 2.24) is 9.55 Å². The van der Waals surface area contributed by atoms with Crippen LogP contribution in [0.3, 0.4) is 0 Å². The summed E-state index contributed by atoms with van der Waals surface area (Å²) < 4.78 is 7.34. The lowest BCUT2D eigenvalue weighted by Gasteiger charge is -2.29. The van der Waals surface area contributed by atoms with Gasteiger partial charge >= 0.3 is 0 Å². The van der Waals surface area contributed by atoms with Crippen LogP contribution in [0, 0.1) is 4.77 Å². The van der Waals surface area contributed by atoms with E-state index >= 15 is 0 Å². The molecule has 7 nitrogen and oxygen atoms in total. The number of hydrogen-bond donors (Lipinski definition) is 2. The largest absolute Gasteiger partial charge is 0.494 e. The van der Waals surface area contributed by atoms with Gasteiger partial charge in [0.15, 0.2) is 10.6 Å². The maximum Gasteiger partial charge on any atom is 0.263 e. The van der Waals surface area contributed by atoms with Crippen LogP contribution >= 0.6 is 12.2 Å². The number of H-pyrrole nitrogens is 1. The van der Waals surface area contributed by atoms with E-state index in [1.165, 1.54) is 10.6 Å². The summed E-state index contributed by atoms with van der Waals surface area (Å²) in [5.74, 6) is 1.68. The van der Waals surface area contributed by atoms with Gasteiger partial charge in [-0.25, -0.2) is 0 Å². The number of benzene rings is 4. The van der Waals surface area contributed by atoms with Crippen LogP contribution in [-0.2, 0) is 0 Å². The highest BCUT2D eigenvalue weighted by Crippen LogP contribution is 2.27. The lowest BCUT2D eigenvalue weighted by molar-refractivity contribution is 0.431. The van der Waals surface area contributed by atoms with Crippen LogP contribution in [0.4, 0.5) is 11.4 Å². The number of rotatable bonds is 8. The Balaban J connectivity index is 1.56. The van der Waals surface area contributed by atoms with E-state index in [1.807, 2.05) is 115 Å². The number of para-hydroxylation sites is 3. The third kappa shape index (κ3) is 6.15. The highest BCUT2D eigenvalue weighted by atomic mass is 32.1. The Morgan fingerprint density at radius 3 is 1.83 bits per heavy atom. The molecule has 0 aliphatic carbocycles. The molecule has 0 atom stereocenters. The summed E-state index contributed by atoms with van der Waals surface area (Å²) in [4.78, 5) is 19.5. The first-order valence-electron chi connectivity index (χ1n) is 12.9. The van der Waals surface area contributed by atoms with Gasteiger partial charge < -0.3 is 19.6 Å². The lowest BCUT2D eigenvalue weighted by atomic mass is 10.2. The molecule has 0 spiro atoms. The van der Waals surface area contributed by atoms with Gasteiger partial charge in [0.1, 0.15) is 17.1 Å². The van der Waals surface area contributed by atoms with Gasteiger partial charge in [-0.2, -0.15) is 0 Å². The molecular weight excluding hydrogens is 532 g/mol. The molecule has 0 unspecified atom stereocenters. The zero-order valence-corrected chi connectivity index (χ0v) is 23.4. The van der Waals surface area contributed by atoms with E-state index in [4.69, 9.17) is 17.0 Å². The molecule has 2 N–H and O–H groups in total. The fraction of sp³-hybridized carbons (Fsp3) is 0.0606. The molecule has 0 bridgehead atoms. The topological polar surface area (TPSA) is 73.7 Å². The van der Waals surface area contributed by atoms with Crippen LogP contribution in [0.5, 0.6) is 17.4 Å². The van der Waals surface area contributed by atoms with Crippen molar-refractivity contribution in [2.45, 2.75) is 0 Å². The molecule has 204 valence electrons. The Labute approximate surface area is 243 Å². The normalized spacial score (nSPS) is 10.4. The molecule has 0 radical (unpaired) electrons. The average Bonchev–Trinajstić information content (AvgIpc) is 3.00. The summed E-state index contributed by atoms with van der Waals surface area (Å²) in [5.41, 5.74) is 5.16. The third-order valence-corrected chi connectivity index (χ3v) is 6.75. The van der Waals surface area contributed by atoms with Crippen molar-refractivity contribution in [2.24, 2.45) is 0 Å². The number of aromatic hydroxyl groups is 1. The summed E-state index contributed by atoms with van der Waals surface area (Å²) >= 11 is 5.41. The van der Waals surface area contributed by atoms with Crippen molar-refractivity contribution < 1.29 is 9.84 Å². The molecule has 0 aliphatic rings. The van der Waals surface area contributed by atoms with Crippen molar-refractivity contribution in [2.75, 3.05) is 23.9 Å². The number of aromatic nitrogens is 2. The Hall–Kier alpha value is -5.30. The van der Waals surface area contributed by atoms with Crippen LogP contribution in [-0.4, -0.2) is 28.8 Å². The van der Waals surface area contributed by atoms with E-state index in [9.17, 15) is 9.90 Å². The molecule has 5 aromatic rings. The molecule has 8 heteroatoms. The van der Waals surface area contributed by atoms with Gasteiger partial charge in [0.25, 0.3) is 5.56 Å². The predicted molar refractivity (Wildman–Crippen MR) is 167 cm³/mol. The van der Waals surface area contributed by atoms with Crippen LogP contribution in [0.1, 0.15) is 5.56 Å². The van der Waals surface area contributed by atoms with Gasteiger partial charge in [0.2, 0.25) is 5.88 Å². The molecule has 0 saturated heterocycles. The van der Waals surface area contributed by atoms with Crippen LogP contribution < -0.4 is 20.1 Å². The molecule has 0 amide bonds. The highest BCUT2D eigenvalue weighted by molar-refractivity contribution is 7.71. The van der Waals surface area contributed by atoms with Crippen molar-refractivity contribution in [3.8, 4) is 23.1 Å². The maximum absolute atomic E-state index is 13.0. The average molecular weight is 561 g/mol. The zero-order valence-electron chi connectivity index (χ0n) is 22.6. The zero-order chi connectivity index (χ0) is 28.8. The Bertz CT molecular complexity index is 1760. The van der Waals surface area contributed by atoms with Crippen LogP contribution in [0.15, 0.2) is 132 Å². The van der Waals surface area contributed by atoms with Gasteiger partial charge in [-0.15, -0.1) is 0 Å². The smallest absolute Gasteiger partial charge is 0.263 e. The Kier molecular flexibility index (Phi) is 8.15. The third-order valence-electron chi connectivity index (χ3n) is 6.46. The first kappa shape index (κ1) is 27.3. The number of ether oxygens (including phenoxy) is 1. The fourth-order valence-electron chi connectivity index (χ4n) is 4.30. The Morgan fingerprint density at radius 2 is 1.29 bits per heavy atom. The number of nitrogens with zero attached hydrogens (tertiary/aromatic N) is 3. The summed E-state index contributed by atoms with van der Waals surface area (Å²) in [7, 11) is 3.83. The Morgan fingerprint density at radius 1 is 0.805 bits per heavy atom. The molecule has 0 aliphatic heterocycles. The van der Waals surface area contributed by atoms with Crippen molar-refractivity contribution >= 4 is 29.7 Å². The molecule has 4 aromatic carbocycles. The predicted octanol–water partition coefficient (Wildman–Crippen LogP) is 7.12. The molecule has 0 saturated carbocycles. The van der Waals surface area contributed by atoms with Crippen molar-refractivity contribution in [3.63, 3.8) is 0 Å². The van der Waals surface area contributed by atoms with Crippen molar-refractivity contribution in [3.05, 3.63) is 148 Å². The van der Waals surface area contributed by atoms with E-state index < -0.39 is 5.56 Å². The molecule has 1 aromatic heterocycles. The second-order valence-electron chi connectivity index (χ2n) is 9.14. The van der Waals surface area contributed by atoms with Gasteiger partial charge in [0, 0.05) is 31.5 Å². The molecule has 5 rings (SSSR count). The minimum atomic E-state index is -0.524.